The molecular formula is C52H94O6. The summed E-state index contributed by atoms with van der Waals surface area (Å²) in [7, 11) is 0. The highest BCUT2D eigenvalue weighted by Gasteiger charge is 2.19. The van der Waals surface area contributed by atoms with Gasteiger partial charge >= 0.3 is 17.9 Å². The number of allylic oxidation sites excluding steroid dienone is 6. The Hall–Kier alpha value is -2.37. The molecule has 0 aromatic heterocycles. The van der Waals surface area contributed by atoms with Crippen LogP contribution in [0.25, 0.3) is 0 Å². The van der Waals surface area contributed by atoms with Gasteiger partial charge in [-0.25, -0.2) is 0 Å². The summed E-state index contributed by atoms with van der Waals surface area (Å²) in [6, 6.07) is 0. The number of hydrogen-bond acceptors (Lipinski definition) is 6. The van der Waals surface area contributed by atoms with Crippen molar-refractivity contribution in [2.75, 3.05) is 13.2 Å². The Morgan fingerprint density at radius 3 is 1.00 bits per heavy atom. The summed E-state index contributed by atoms with van der Waals surface area (Å²) < 4.78 is 16.7. The van der Waals surface area contributed by atoms with E-state index < -0.39 is 6.10 Å². The molecule has 0 aromatic rings. The maximum atomic E-state index is 12.7. The fourth-order valence-electron chi connectivity index (χ4n) is 7.10. The topological polar surface area (TPSA) is 78.9 Å². The van der Waals surface area contributed by atoms with Gasteiger partial charge in [0.05, 0.1) is 0 Å². The van der Waals surface area contributed by atoms with Crippen molar-refractivity contribution in [3.05, 3.63) is 36.5 Å². The second-order valence-electron chi connectivity index (χ2n) is 16.7. The number of carbonyl (C=O) groups excluding carboxylic acids is 3. The summed E-state index contributed by atoms with van der Waals surface area (Å²) in [5, 5.41) is 0. The van der Waals surface area contributed by atoms with E-state index in [-0.39, 0.29) is 31.1 Å². The SMILES string of the molecule is CCCCC/C=C\C/C=C\C/C=C\CCCCCCC(=O)OC[C@@H](COC(=O)CCCCCCCCCCCC)OC(=O)CCCCCCCCCCCCCCC. The molecule has 0 aliphatic heterocycles. The Balaban J connectivity index is 4.36. The van der Waals surface area contributed by atoms with Crippen LogP contribution in [0.4, 0.5) is 0 Å². The molecule has 0 fully saturated rings. The van der Waals surface area contributed by atoms with Crippen molar-refractivity contribution in [2.45, 2.75) is 264 Å². The zero-order valence-corrected chi connectivity index (χ0v) is 38.6. The third-order valence-electron chi connectivity index (χ3n) is 10.9. The van der Waals surface area contributed by atoms with Crippen LogP contribution in [0.15, 0.2) is 36.5 Å². The van der Waals surface area contributed by atoms with Crippen LogP contribution >= 0.6 is 0 Å². The Morgan fingerprint density at radius 2 is 0.621 bits per heavy atom. The monoisotopic (exact) mass is 815 g/mol. The Bertz CT molecular complexity index is 984. The van der Waals surface area contributed by atoms with Crippen molar-refractivity contribution in [1.29, 1.82) is 0 Å². The molecule has 6 heteroatoms. The van der Waals surface area contributed by atoms with E-state index in [0.717, 1.165) is 83.5 Å². The van der Waals surface area contributed by atoms with Gasteiger partial charge in [0.1, 0.15) is 13.2 Å². The van der Waals surface area contributed by atoms with Crippen LogP contribution < -0.4 is 0 Å². The van der Waals surface area contributed by atoms with E-state index in [2.05, 4.69) is 57.2 Å². The molecule has 0 aromatic carbocycles. The highest BCUT2D eigenvalue weighted by atomic mass is 16.6. The van der Waals surface area contributed by atoms with Crippen molar-refractivity contribution in [3.63, 3.8) is 0 Å². The predicted molar refractivity (Wildman–Crippen MR) is 247 cm³/mol. The third kappa shape index (κ3) is 44.7. The molecule has 0 spiro atoms. The van der Waals surface area contributed by atoms with Gasteiger partial charge in [-0.15, -0.1) is 0 Å². The molecular weight excluding hydrogens is 721 g/mol. The molecule has 338 valence electrons. The van der Waals surface area contributed by atoms with Crippen molar-refractivity contribution in [3.8, 4) is 0 Å². The van der Waals surface area contributed by atoms with Gasteiger partial charge in [-0.1, -0.05) is 218 Å². The Kier molecular flexibility index (Phi) is 45.4. The van der Waals surface area contributed by atoms with Crippen LogP contribution in [0.3, 0.4) is 0 Å². The molecule has 0 N–H and O–H groups in total. The van der Waals surface area contributed by atoms with Gasteiger partial charge in [0.2, 0.25) is 0 Å². The lowest BCUT2D eigenvalue weighted by Gasteiger charge is -2.18. The molecule has 58 heavy (non-hydrogen) atoms. The lowest BCUT2D eigenvalue weighted by atomic mass is 10.0. The summed E-state index contributed by atoms with van der Waals surface area (Å²) in [6.45, 7) is 6.59. The van der Waals surface area contributed by atoms with Crippen molar-refractivity contribution in [2.24, 2.45) is 0 Å². The van der Waals surface area contributed by atoms with Gasteiger partial charge < -0.3 is 14.2 Å². The maximum absolute atomic E-state index is 12.7. The molecule has 0 rings (SSSR count). The Labute approximate surface area is 359 Å². The molecule has 0 saturated heterocycles. The number of hydrogen-bond donors (Lipinski definition) is 0. The summed E-state index contributed by atoms with van der Waals surface area (Å²) in [4.78, 5) is 37.8. The molecule has 0 unspecified atom stereocenters. The first-order valence-electron chi connectivity index (χ1n) is 25.0. The minimum absolute atomic E-state index is 0.0757. The fraction of sp³-hybridized carbons (Fsp3) is 0.827. The molecule has 0 saturated carbocycles. The smallest absolute Gasteiger partial charge is 0.306 e. The maximum Gasteiger partial charge on any atom is 0.306 e. The van der Waals surface area contributed by atoms with Crippen LogP contribution in [0.1, 0.15) is 258 Å². The van der Waals surface area contributed by atoms with Gasteiger partial charge in [-0.05, 0) is 57.8 Å². The molecule has 0 heterocycles. The van der Waals surface area contributed by atoms with E-state index in [4.69, 9.17) is 14.2 Å². The Morgan fingerprint density at radius 1 is 0.345 bits per heavy atom. The standard InChI is InChI=1S/C52H94O6/c1-4-7-10-13-16-19-22-24-25-26-27-29-30-33-36-39-42-45-51(54)57-48-49(47-56-50(53)44-41-38-35-32-21-18-15-12-9-6-3)58-52(55)46-43-40-37-34-31-28-23-20-17-14-11-8-5-2/h16,19,24-25,27,29,49H,4-15,17-18,20-23,26,28,30-48H2,1-3H3/b19-16-,25-24-,29-27-/t49-/m1/s1. The molecule has 0 bridgehead atoms. The normalized spacial score (nSPS) is 12.3. The molecule has 0 aliphatic carbocycles. The van der Waals surface area contributed by atoms with Crippen LogP contribution in [0.5, 0.6) is 0 Å². The highest BCUT2D eigenvalue weighted by Crippen LogP contribution is 2.15. The molecule has 0 amide bonds. The molecule has 0 aliphatic rings. The third-order valence-corrected chi connectivity index (χ3v) is 10.9. The predicted octanol–water partition coefficient (Wildman–Crippen LogP) is 16.1. The van der Waals surface area contributed by atoms with Gasteiger partial charge in [0, 0.05) is 19.3 Å². The second-order valence-corrected chi connectivity index (χ2v) is 16.7. The number of unbranched alkanes of at least 4 members (excludes halogenated alkanes) is 28. The lowest BCUT2D eigenvalue weighted by Crippen LogP contribution is -2.30. The average Bonchev–Trinajstić information content (AvgIpc) is 3.22. The molecule has 0 radical (unpaired) electrons. The van der Waals surface area contributed by atoms with E-state index in [1.165, 1.54) is 135 Å². The van der Waals surface area contributed by atoms with E-state index in [1.807, 2.05) is 0 Å². The van der Waals surface area contributed by atoms with Crippen LogP contribution in [-0.4, -0.2) is 37.2 Å². The van der Waals surface area contributed by atoms with Gasteiger partial charge in [-0.2, -0.15) is 0 Å². The summed E-state index contributed by atoms with van der Waals surface area (Å²) >= 11 is 0. The van der Waals surface area contributed by atoms with E-state index in [9.17, 15) is 14.4 Å². The van der Waals surface area contributed by atoms with Crippen LogP contribution in [-0.2, 0) is 28.6 Å². The fourth-order valence-corrected chi connectivity index (χ4v) is 7.10. The van der Waals surface area contributed by atoms with E-state index in [0.29, 0.717) is 19.3 Å². The minimum atomic E-state index is -0.774. The van der Waals surface area contributed by atoms with Gasteiger partial charge in [-0.3, -0.25) is 14.4 Å². The van der Waals surface area contributed by atoms with Crippen molar-refractivity contribution < 1.29 is 28.6 Å². The van der Waals surface area contributed by atoms with E-state index in [1.54, 1.807) is 0 Å². The zero-order chi connectivity index (χ0) is 42.3. The summed E-state index contributed by atoms with van der Waals surface area (Å²) in [5.41, 5.74) is 0. The largest absolute Gasteiger partial charge is 0.462 e. The van der Waals surface area contributed by atoms with Crippen LogP contribution in [0, 0.1) is 0 Å². The first kappa shape index (κ1) is 55.6. The molecule has 6 nitrogen and oxygen atoms in total. The second kappa shape index (κ2) is 47.3. The number of carbonyl (C=O) groups is 3. The summed E-state index contributed by atoms with van der Waals surface area (Å²) in [5.74, 6) is -0.891. The number of ether oxygens (including phenoxy) is 3. The molecule has 1 atom stereocenters. The first-order chi connectivity index (χ1) is 28.5. The highest BCUT2D eigenvalue weighted by molar-refractivity contribution is 5.71. The van der Waals surface area contributed by atoms with Crippen molar-refractivity contribution >= 4 is 17.9 Å². The number of rotatable bonds is 45. The summed E-state index contributed by atoms with van der Waals surface area (Å²) in [6.07, 6.45) is 54.1. The average molecular weight is 815 g/mol. The minimum Gasteiger partial charge on any atom is -0.462 e. The lowest BCUT2D eigenvalue weighted by molar-refractivity contribution is -0.167. The number of esters is 3. The van der Waals surface area contributed by atoms with Gasteiger partial charge in [0.25, 0.3) is 0 Å². The quantitative estimate of drug-likeness (QED) is 0.0264. The van der Waals surface area contributed by atoms with Crippen molar-refractivity contribution in [1.82, 2.24) is 0 Å². The van der Waals surface area contributed by atoms with Crippen LogP contribution in [0.2, 0.25) is 0 Å². The van der Waals surface area contributed by atoms with E-state index >= 15 is 0 Å². The first-order valence-corrected chi connectivity index (χ1v) is 25.0. The van der Waals surface area contributed by atoms with Gasteiger partial charge in [0.15, 0.2) is 6.10 Å². The zero-order valence-electron chi connectivity index (χ0n) is 38.6.